The van der Waals surface area contributed by atoms with E-state index in [9.17, 15) is 14.4 Å². The van der Waals surface area contributed by atoms with E-state index in [0.717, 1.165) is 16.8 Å². The molecule has 0 saturated carbocycles. The lowest BCUT2D eigenvalue weighted by molar-refractivity contribution is -0.135. The Morgan fingerprint density at radius 1 is 1.21 bits per heavy atom. The van der Waals surface area contributed by atoms with E-state index in [1.54, 1.807) is 0 Å². The number of rotatable bonds is 1. The zero-order valence-electron chi connectivity index (χ0n) is 14.1. The number of imide groups is 1. The van der Waals surface area contributed by atoms with Crippen molar-refractivity contribution < 1.29 is 14.4 Å². The van der Waals surface area contributed by atoms with Crippen molar-refractivity contribution in [3.8, 4) is 11.8 Å². The minimum absolute atomic E-state index is 0.0897. The summed E-state index contributed by atoms with van der Waals surface area (Å²) in [5, 5.41) is 2.31. The van der Waals surface area contributed by atoms with Gasteiger partial charge in [-0.25, -0.2) is 0 Å². The van der Waals surface area contributed by atoms with Crippen molar-refractivity contribution in [3.63, 3.8) is 0 Å². The molecule has 1 aromatic rings. The number of nitrogens with zero attached hydrogens (tertiary/aromatic N) is 1. The Morgan fingerprint density at radius 2 is 1.96 bits per heavy atom. The highest BCUT2D eigenvalue weighted by atomic mass is 16.2. The van der Waals surface area contributed by atoms with Crippen LogP contribution in [0.15, 0.2) is 18.2 Å². The molecule has 2 heterocycles. The zero-order valence-corrected chi connectivity index (χ0v) is 14.1. The van der Waals surface area contributed by atoms with Crippen LogP contribution in [-0.4, -0.2) is 23.8 Å². The van der Waals surface area contributed by atoms with E-state index in [-0.39, 0.29) is 30.1 Å². The molecule has 0 radical (unpaired) electrons. The van der Waals surface area contributed by atoms with Gasteiger partial charge in [-0.1, -0.05) is 11.8 Å². The SMILES string of the molecule is CC(C)(C)C#Cc1ccc2c(c1)CC(=O)N2C1CCC(=O)NC1=O. The summed E-state index contributed by atoms with van der Waals surface area (Å²) in [5.74, 6) is 5.52. The molecule has 24 heavy (non-hydrogen) atoms. The van der Waals surface area contributed by atoms with Gasteiger partial charge in [0.05, 0.1) is 6.42 Å². The molecule has 0 aromatic heterocycles. The quantitative estimate of drug-likeness (QED) is 0.632. The molecule has 1 N–H and O–H groups in total. The van der Waals surface area contributed by atoms with Gasteiger partial charge < -0.3 is 0 Å². The summed E-state index contributed by atoms with van der Waals surface area (Å²) in [7, 11) is 0. The predicted octanol–water partition coefficient (Wildman–Crippen LogP) is 1.78. The molecule has 3 rings (SSSR count). The van der Waals surface area contributed by atoms with Crippen molar-refractivity contribution in [2.45, 2.75) is 46.1 Å². The molecule has 5 heteroatoms. The second-order valence-corrected chi connectivity index (χ2v) is 7.25. The van der Waals surface area contributed by atoms with Gasteiger partial charge in [-0.3, -0.25) is 24.6 Å². The average molecular weight is 324 g/mol. The van der Waals surface area contributed by atoms with Crippen LogP contribution >= 0.6 is 0 Å². The molecule has 0 bridgehead atoms. The number of piperidine rings is 1. The maximum Gasteiger partial charge on any atom is 0.249 e. The lowest BCUT2D eigenvalue weighted by Crippen LogP contribution is -2.53. The fraction of sp³-hybridized carbons (Fsp3) is 0.421. The maximum atomic E-state index is 12.4. The Labute approximate surface area is 141 Å². The molecular formula is C19H20N2O3. The van der Waals surface area contributed by atoms with Crippen molar-refractivity contribution in [2.24, 2.45) is 5.41 Å². The van der Waals surface area contributed by atoms with Crippen molar-refractivity contribution >= 4 is 23.4 Å². The number of hydrogen-bond donors (Lipinski definition) is 1. The molecule has 1 unspecified atom stereocenters. The lowest BCUT2D eigenvalue weighted by Gasteiger charge is -2.30. The molecule has 1 aromatic carbocycles. The first-order chi connectivity index (χ1) is 11.2. The molecule has 1 saturated heterocycles. The molecular weight excluding hydrogens is 304 g/mol. The number of carbonyl (C=O) groups is 3. The highest BCUT2D eigenvalue weighted by molar-refractivity contribution is 6.10. The Kier molecular flexibility index (Phi) is 3.92. The van der Waals surface area contributed by atoms with Gasteiger partial charge in [-0.05, 0) is 51.0 Å². The number of benzene rings is 1. The van der Waals surface area contributed by atoms with E-state index < -0.39 is 11.9 Å². The van der Waals surface area contributed by atoms with Crippen LogP contribution < -0.4 is 10.2 Å². The summed E-state index contributed by atoms with van der Waals surface area (Å²) in [6, 6.07) is 5.02. The second kappa shape index (κ2) is 5.79. The molecule has 2 aliphatic heterocycles. The van der Waals surface area contributed by atoms with E-state index in [1.165, 1.54) is 4.90 Å². The van der Waals surface area contributed by atoms with Crippen molar-refractivity contribution in [1.29, 1.82) is 0 Å². The summed E-state index contributed by atoms with van der Waals surface area (Å²) in [4.78, 5) is 37.3. The topological polar surface area (TPSA) is 66.5 Å². The van der Waals surface area contributed by atoms with Gasteiger partial charge in [0, 0.05) is 23.1 Å². The summed E-state index contributed by atoms with van der Waals surface area (Å²) < 4.78 is 0. The van der Waals surface area contributed by atoms with Crippen LogP contribution in [0, 0.1) is 17.3 Å². The number of fused-ring (bicyclic) bond motifs is 1. The monoisotopic (exact) mass is 324 g/mol. The van der Waals surface area contributed by atoms with E-state index in [1.807, 2.05) is 39.0 Å². The van der Waals surface area contributed by atoms with Crippen LogP contribution in [0.2, 0.25) is 0 Å². The van der Waals surface area contributed by atoms with Crippen LogP contribution in [0.1, 0.15) is 44.7 Å². The van der Waals surface area contributed by atoms with Crippen LogP contribution in [0.5, 0.6) is 0 Å². The molecule has 124 valence electrons. The summed E-state index contributed by atoms with van der Waals surface area (Å²) in [6.45, 7) is 6.13. The standard InChI is InChI=1S/C19H20N2O3/c1-19(2,3)9-8-12-4-5-14-13(10-12)11-17(23)21(14)15-6-7-16(22)20-18(15)24/h4-5,10,15H,6-7,11H2,1-3H3,(H,20,22,24). The summed E-state index contributed by atoms with van der Waals surface area (Å²) in [5.41, 5.74) is 2.40. The molecule has 0 spiro atoms. The average Bonchev–Trinajstić information content (AvgIpc) is 2.80. The van der Waals surface area contributed by atoms with E-state index >= 15 is 0 Å². The number of anilines is 1. The molecule has 5 nitrogen and oxygen atoms in total. The summed E-state index contributed by atoms with van der Waals surface area (Å²) >= 11 is 0. The second-order valence-electron chi connectivity index (χ2n) is 7.25. The van der Waals surface area contributed by atoms with E-state index in [2.05, 4.69) is 17.2 Å². The zero-order chi connectivity index (χ0) is 17.5. The number of carbonyl (C=O) groups excluding carboxylic acids is 3. The number of amides is 3. The van der Waals surface area contributed by atoms with Gasteiger partial charge in [0.1, 0.15) is 6.04 Å². The first-order valence-corrected chi connectivity index (χ1v) is 8.06. The molecule has 1 atom stereocenters. The van der Waals surface area contributed by atoms with E-state index in [0.29, 0.717) is 6.42 Å². The van der Waals surface area contributed by atoms with Crippen LogP contribution in [0.25, 0.3) is 0 Å². The van der Waals surface area contributed by atoms with Gasteiger partial charge in [0.2, 0.25) is 17.7 Å². The van der Waals surface area contributed by atoms with Crippen LogP contribution in [0.4, 0.5) is 5.69 Å². The van der Waals surface area contributed by atoms with Crippen molar-refractivity contribution in [3.05, 3.63) is 29.3 Å². The number of hydrogen-bond acceptors (Lipinski definition) is 3. The summed E-state index contributed by atoms with van der Waals surface area (Å²) in [6.07, 6.45) is 0.879. The fourth-order valence-electron chi connectivity index (χ4n) is 2.95. The first-order valence-electron chi connectivity index (χ1n) is 8.06. The predicted molar refractivity (Wildman–Crippen MR) is 90.1 cm³/mol. The van der Waals surface area contributed by atoms with Gasteiger partial charge in [-0.15, -0.1) is 0 Å². The maximum absolute atomic E-state index is 12.4. The largest absolute Gasteiger partial charge is 0.299 e. The minimum atomic E-state index is -0.608. The Morgan fingerprint density at radius 3 is 2.62 bits per heavy atom. The first kappa shape index (κ1) is 16.3. The Bertz CT molecular complexity index is 793. The molecule has 1 fully saturated rings. The normalized spacial score (nSPS) is 20.4. The lowest BCUT2D eigenvalue weighted by atomic mass is 9.97. The van der Waals surface area contributed by atoms with Gasteiger partial charge in [-0.2, -0.15) is 0 Å². The third kappa shape index (κ3) is 3.18. The van der Waals surface area contributed by atoms with Crippen molar-refractivity contribution in [2.75, 3.05) is 4.90 Å². The minimum Gasteiger partial charge on any atom is -0.299 e. The van der Waals surface area contributed by atoms with Crippen LogP contribution in [-0.2, 0) is 20.8 Å². The highest BCUT2D eigenvalue weighted by Crippen LogP contribution is 2.33. The number of nitrogens with one attached hydrogen (secondary N) is 1. The molecule has 3 amide bonds. The third-order valence-electron chi connectivity index (χ3n) is 4.05. The molecule has 2 aliphatic rings. The Balaban J connectivity index is 1.90. The van der Waals surface area contributed by atoms with E-state index in [4.69, 9.17) is 0 Å². The Hall–Kier alpha value is -2.61. The van der Waals surface area contributed by atoms with Gasteiger partial charge in [0.15, 0.2) is 0 Å². The van der Waals surface area contributed by atoms with Gasteiger partial charge >= 0.3 is 0 Å². The van der Waals surface area contributed by atoms with Crippen LogP contribution in [0.3, 0.4) is 0 Å². The van der Waals surface area contributed by atoms with Crippen molar-refractivity contribution in [1.82, 2.24) is 5.32 Å². The smallest absolute Gasteiger partial charge is 0.249 e. The van der Waals surface area contributed by atoms with Gasteiger partial charge in [0.25, 0.3) is 0 Å². The highest BCUT2D eigenvalue weighted by Gasteiger charge is 2.39. The fourth-order valence-corrected chi connectivity index (χ4v) is 2.95. The third-order valence-corrected chi connectivity index (χ3v) is 4.05. The molecule has 0 aliphatic carbocycles.